The summed E-state index contributed by atoms with van der Waals surface area (Å²) in [5.74, 6) is -1.01. The standard InChI is InChI=1S/C12H7Cl2NO2/c13-9-3-1-2-8(11(9)14)10-6-7(12(16)17)4-5-15-10/h1-6H,(H,16,17). The zero-order chi connectivity index (χ0) is 12.4. The van der Waals surface area contributed by atoms with E-state index in [-0.39, 0.29) is 5.56 Å². The maximum atomic E-state index is 10.8. The molecule has 0 saturated carbocycles. The lowest BCUT2D eigenvalue weighted by Crippen LogP contribution is -1.97. The number of rotatable bonds is 2. The Kier molecular flexibility index (Phi) is 3.31. The van der Waals surface area contributed by atoms with Gasteiger partial charge in [-0.2, -0.15) is 0 Å². The minimum atomic E-state index is -1.01. The molecule has 1 aromatic heterocycles. The summed E-state index contributed by atoms with van der Waals surface area (Å²) in [5.41, 5.74) is 1.26. The van der Waals surface area contributed by atoms with Crippen LogP contribution in [0, 0.1) is 0 Å². The molecule has 0 fully saturated rings. The van der Waals surface area contributed by atoms with Crippen molar-refractivity contribution in [1.82, 2.24) is 4.98 Å². The summed E-state index contributed by atoms with van der Waals surface area (Å²) < 4.78 is 0. The Labute approximate surface area is 108 Å². The van der Waals surface area contributed by atoms with Crippen molar-refractivity contribution in [2.75, 3.05) is 0 Å². The summed E-state index contributed by atoms with van der Waals surface area (Å²) in [7, 11) is 0. The van der Waals surface area contributed by atoms with Gasteiger partial charge in [-0.15, -0.1) is 0 Å². The third-order valence-corrected chi connectivity index (χ3v) is 3.05. The van der Waals surface area contributed by atoms with Gasteiger partial charge in [0.1, 0.15) is 0 Å². The van der Waals surface area contributed by atoms with Crippen molar-refractivity contribution in [3.05, 3.63) is 52.1 Å². The van der Waals surface area contributed by atoms with Crippen LogP contribution in [-0.4, -0.2) is 16.1 Å². The summed E-state index contributed by atoms with van der Waals surface area (Å²) >= 11 is 11.9. The average Bonchev–Trinajstić information content (AvgIpc) is 2.33. The van der Waals surface area contributed by atoms with E-state index in [1.54, 1.807) is 18.2 Å². The third kappa shape index (κ3) is 2.40. The quantitative estimate of drug-likeness (QED) is 0.902. The van der Waals surface area contributed by atoms with E-state index in [0.717, 1.165) is 0 Å². The Morgan fingerprint density at radius 3 is 2.71 bits per heavy atom. The van der Waals surface area contributed by atoms with Gasteiger partial charge in [-0.3, -0.25) is 4.98 Å². The van der Waals surface area contributed by atoms with Gasteiger partial charge in [0.25, 0.3) is 0 Å². The van der Waals surface area contributed by atoms with Crippen LogP contribution >= 0.6 is 23.2 Å². The molecule has 5 heteroatoms. The van der Waals surface area contributed by atoms with Gasteiger partial charge in [0.2, 0.25) is 0 Å². The third-order valence-electron chi connectivity index (χ3n) is 2.23. The van der Waals surface area contributed by atoms with Crippen molar-refractivity contribution in [3.63, 3.8) is 0 Å². The van der Waals surface area contributed by atoms with Crippen molar-refractivity contribution in [3.8, 4) is 11.3 Å². The number of aromatic nitrogens is 1. The maximum Gasteiger partial charge on any atom is 0.335 e. The molecule has 0 spiro atoms. The predicted octanol–water partition coefficient (Wildman–Crippen LogP) is 3.75. The smallest absolute Gasteiger partial charge is 0.335 e. The van der Waals surface area contributed by atoms with Gasteiger partial charge in [-0.05, 0) is 18.2 Å². The molecule has 86 valence electrons. The number of carboxylic acids is 1. The molecule has 1 aromatic carbocycles. The molecule has 17 heavy (non-hydrogen) atoms. The topological polar surface area (TPSA) is 50.2 Å². The molecular weight excluding hydrogens is 261 g/mol. The molecule has 2 rings (SSSR count). The number of hydrogen-bond acceptors (Lipinski definition) is 2. The van der Waals surface area contributed by atoms with Crippen LogP contribution in [0.4, 0.5) is 0 Å². The Hall–Kier alpha value is -1.58. The number of carbonyl (C=O) groups is 1. The van der Waals surface area contributed by atoms with E-state index >= 15 is 0 Å². The van der Waals surface area contributed by atoms with Crippen LogP contribution in [0.15, 0.2) is 36.5 Å². The molecule has 0 bridgehead atoms. The zero-order valence-corrected chi connectivity index (χ0v) is 10.0. The summed E-state index contributed by atoms with van der Waals surface area (Å²) in [6.45, 7) is 0. The van der Waals surface area contributed by atoms with Gasteiger partial charge in [0.15, 0.2) is 0 Å². The lowest BCUT2D eigenvalue weighted by molar-refractivity contribution is 0.0697. The molecule has 3 nitrogen and oxygen atoms in total. The number of hydrogen-bond donors (Lipinski definition) is 1. The number of nitrogens with zero attached hydrogens (tertiary/aromatic N) is 1. The Balaban J connectivity index is 2.57. The Morgan fingerprint density at radius 1 is 1.24 bits per heavy atom. The maximum absolute atomic E-state index is 10.8. The first-order chi connectivity index (χ1) is 8.09. The second kappa shape index (κ2) is 4.73. The average molecular weight is 268 g/mol. The number of benzene rings is 1. The summed E-state index contributed by atoms with van der Waals surface area (Å²) in [6, 6.07) is 8.01. The van der Waals surface area contributed by atoms with Crippen LogP contribution in [-0.2, 0) is 0 Å². The predicted molar refractivity (Wildman–Crippen MR) is 66.7 cm³/mol. The van der Waals surface area contributed by atoms with E-state index < -0.39 is 5.97 Å². The molecule has 0 aliphatic heterocycles. The number of carboxylic acid groups (broad SMARTS) is 1. The highest BCUT2D eigenvalue weighted by molar-refractivity contribution is 6.43. The lowest BCUT2D eigenvalue weighted by Gasteiger charge is -2.05. The first-order valence-electron chi connectivity index (χ1n) is 4.73. The second-order valence-corrected chi connectivity index (χ2v) is 4.12. The van der Waals surface area contributed by atoms with E-state index in [1.165, 1.54) is 18.3 Å². The van der Waals surface area contributed by atoms with E-state index in [4.69, 9.17) is 28.3 Å². The SMILES string of the molecule is O=C(O)c1ccnc(-c2cccc(Cl)c2Cl)c1. The molecule has 2 aromatic rings. The normalized spacial score (nSPS) is 10.2. The van der Waals surface area contributed by atoms with E-state index in [1.807, 2.05) is 0 Å². The fourth-order valence-electron chi connectivity index (χ4n) is 1.41. The second-order valence-electron chi connectivity index (χ2n) is 3.34. The molecule has 0 atom stereocenters. The van der Waals surface area contributed by atoms with Crippen LogP contribution in [0.2, 0.25) is 10.0 Å². The largest absolute Gasteiger partial charge is 0.478 e. The van der Waals surface area contributed by atoms with Crippen molar-refractivity contribution in [2.45, 2.75) is 0 Å². The molecule has 1 heterocycles. The minimum Gasteiger partial charge on any atom is -0.478 e. The molecule has 0 amide bonds. The monoisotopic (exact) mass is 267 g/mol. The van der Waals surface area contributed by atoms with Crippen LogP contribution in [0.5, 0.6) is 0 Å². The van der Waals surface area contributed by atoms with Gasteiger partial charge in [0.05, 0.1) is 21.3 Å². The molecule has 0 radical (unpaired) electrons. The van der Waals surface area contributed by atoms with Gasteiger partial charge >= 0.3 is 5.97 Å². The van der Waals surface area contributed by atoms with Crippen molar-refractivity contribution in [2.24, 2.45) is 0 Å². The fraction of sp³-hybridized carbons (Fsp3) is 0. The molecular formula is C12H7Cl2NO2. The number of aromatic carboxylic acids is 1. The zero-order valence-electron chi connectivity index (χ0n) is 8.52. The van der Waals surface area contributed by atoms with Crippen molar-refractivity contribution in [1.29, 1.82) is 0 Å². The first kappa shape index (κ1) is 11.9. The van der Waals surface area contributed by atoms with Gasteiger partial charge in [-0.25, -0.2) is 4.79 Å². The fourth-order valence-corrected chi connectivity index (χ4v) is 1.81. The highest BCUT2D eigenvalue weighted by atomic mass is 35.5. The van der Waals surface area contributed by atoms with E-state index in [2.05, 4.69) is 4.98 Å². The van der Waals surface area contributed by atoms with E-state index in [0.29, 0.717) is 21.3 Å². The van der Waals surface area contributed by atoms with Crippen molar-refractivity contribution < 1.29 is 9.90 Å². The number of pyridine rings is 1. The van der Waals surface area contributed by atoms with Gasteiger partial charge in [0, 0.05) is 11.8 Å². The summed E-state index contributed by atoms with van der Waals surface area (Å²) in [4.78, 5) is 14.9. The van der Waals surface area contributed by atoms with Gasteiger partial charge in [-0.1, -0.05) is 35.3 Å². The molecule has 1 N–H and O–H groups in total. The summed E-state index contributed by atoms with van der Waals surface area (Å²) in [6.07, 6.45) is 1.43. The van der Waals surface area contributed by atoms with Crippen LogP contribution < -0.4 is 0 Å². The first-order valence-corrected chi connectivity index (χ1v) is 5.49. The molecule has 0 aliphatic rings. The van der Waals surface area contributed by atoms with Crippen LogP contribution in [0.25, 0.3) is 11.3 Å². The Bertz CT molecular complexity index is 584. The highest BCUT2D eigenvalue weighted by Crippen LogP contribution is 2.32. The van der Waals surface area contributed by atoms with E-state index in [9.17, 15) is 4.79 Å². The number of halogens is 2. The highest BCUT2D eigenvalue weighted by Gasteiger charge is 2.10. The van der Waals surface area contributed by atoms with Gasteiger partial charge < -0.3 is 5.11 Å². The summed E-state index contributed by atoms with van der Waals surface area (Å²) in [5, 5.41) is 9.67. The van der Waals surface area contributed by atoms with Crippen molar-refractivity contribution >= 4 is 29.2 Å². The van der Waals surface area contributed by atoms with Crippen LogP contribution in [0.1, 0.15) is 10.4 Å². The van der Waals surface area contributed by atoms with Crippen LogP contribution in [0.3, 0.4) is 0 Å². The lowest BCUT2D eigenvalue weighted by atomic mass is 10.1. The Morgan fingerprint density at radius 2 is 2.00 bits per heavy atom. The molecule has 0 saturated heterocycles. The minimum absolute atomic E-state index is 0.158. The molecule has 0 unspecified atom stereocenters. The molecule has 0 aliphatic carbocycles.